The van der Waals surface area contributed by atoms with Crippen LogP contribution in [0.25, 0.3) is 0 Å². The monoisotopic (exact) mass is 214 g/mol. The van der Waals surface area contributed by atoms with Gasteiger partial charge >= 0.3 is 0 Å². The molecule has 1 fully saturated rings. The fourth-order valence-corrected chi connectivity index (χ4v) is 2.39. The normalized spacial score (nSPS) is 17.9. The van der Waals surface area contributed by atoms with E-state index in [0.29, 0.717) is 16.8 Å². The van der Waals surface area contributed by atoms with Crippen LogP contribution in [0, 0.1) is 0 Å². The van der Waals surface area contributed by atoms with Crippen LogP contribution in [-0.4, -0.2) is 14.7 Å². The first kappa shape index (κ1) is 9.99. The summed E-state index contributed by atoms with van der Waals surface area (Å²) < 4.78 is 1.91. The highest BCUT2D eigenvalue weighted by Gasteiger charge is 2.23. The summed E-state index contributed by atoms with van der Waals surface area (Å²) in [5.41, 5.74) is 0.607. The van der Waals surface area contributed by atoms with Gasteiger partial charge in [-0.3, -0.25) is 0 Å². The van der Waals surface area contributed by atoms with Gasteiger partial charge in [0.05, 0.1) is 6.61 Å². The van der Waals surface area contributed by atoms with Crippen LogP contribution in [0.15, 0.2) is 0 Å². The van der Waals surface area contributed by atoms with E-state index in [4.69, 9.17) is 16.7 Å². The molecule has 0 bridgehead atoms. The molecule has 0 spiro atoms. The Morgan fingerprint density at radius 1 is 1.50 bits per heavy atom. The summed E-state index contributed by atoms with van der Waals surface area (Å²) in [6, 6.07) is 0. The summed E-state index contributed by atoms with van der Waals surface area (Å²) in [4.78, 5) is 4.39. The largest absolute Gasteiger partial charge is 0.390 e. The van der Waals surface area contributed by atoms with Crippen molar-refractivity contribution in [2.45, 2.75) is 38.2 Å². The molecule has 0 unspecified atom stereocenters. The lowest BCUT2D eigenvalue weighted by atomic mass is 10.1. The quantitative estimate of drug-likeness (QED) is 0.820. The minimum atomic E-state index is -0.0700. The molecule has 0 aromatic carbocycles. The lowest BCUT2D eigenvalue weighted by Crippen LogP contribution is -2.02. The van der Waals surface area contributed by atoms with Crippen molar-refractivity contribution >= 4 is 11.6 Å². The van der Waals surface area contributed by atoms with Crippen molar-refractivity contribution in [2.24, 2.45) is 7.05 Å². The molecule has 3 nitrogen and oxygen atoms in total. The minimum Gasteiger partial charge on any atom is -0.390 e. The number of aliphatic hydroxyl groups excluding tert-OH is 1. The number of nitrogens with zero attached hydrogens (tertiary/aromatic N) is 2. The zero-order valence-electron chi connectivity index (χ0n) is 8.33. The third-order valence-electron chi connectivity index (χ3n) is 3.00. The Morgan fingerprint density at radius 2 is 2.14 bits per heavy atom. The van der Waals surface area contributed by atoms with E-state index < -0.39 is 0 Å². The molecular weight excluding hydrogens is 200 g/mol. The summed E-state index contributed by atoms with van der Waals surface area (Å²) in [5, 5.41) is 9.62. The van der Waals surface area contributed by atoms with E-state index in [-0.39, 0.29) is 6.61 Å². The third kappa shape index (κ3) is 1.55. The highest BCUT2D eigenvalue weighted by molar-refractivity contribution is 6.30. The second kappa shape index (κ2) is 3.91. The molecule has 78 valence electrons. The van der Waals surface area contributed by atoms with Gasteiger partial charge in [0.2, 0.25) is 0 Å². The van der Waals surface area contributed by atoms with Gasteiger partial charge in [-0.25, -0.2) is 4.98 Å². The van der Waals surface area contributed by atoms with Gasteiger partial charge in [0.15, 0.2) is 0 Å². The molecule has 1 heterocycles. The first-order chi connectivity index (χ1) is 6.74. The first-order valence-corrected chi connectivity index (χ1v) is 5.43. The van der Waals surface area contributed by atoms with E-state index in [1.165, 1.54) is 25.7 Å². The van der Waals surface area contributed by atoms with E-state index in [9.17, 15) is 0 Å². The second-order valence-electron chi connectivity index (χ2n) is 3.91. The molecule has 1 N–H and O–H groups in total. The van der Waals surface area contributed by atoms with Gasteiger partial charge in [-0.2, -0.15) is 0 Å². The van der Waals surface area contributed by atoms with Crippen molar-refractivity contribution in [2.75, 3.05) is 0 Å². The van der Waals surface area contributed by atoms with Crippen LogP contribution in [0.1, 0.15) is 43.1 Å². The van der Waals surface area contributed by atoms with Crippen LogP contribution in [0.3, 0.4) is 0 Å². The fraction of sp³-hybridized carbons (Fsp3) is 0.700. The van der Waals surface area contributed by atoms with Crippen molar-refractivity contribution in [3.8, 4) is 0 Å². The van der Waals surface area contributed by atoms with Gasteiger partial charge in [0.25, 0.3) is 0 Å². The predicted octanol–water partition coefficient (Wildman–Crippen LogP) is 2.22. The number of halogens is 1. The van der Waals surface area contributed by atoms with Crippen molar-refractivity contribution in [3.63, 3.8) is 0 Å². The van der Waals surface area contributed by atoms with Gasteiger partial charge in [-0.15, -0.1) is 0 Å². The third-order valence-corrected chi connectivity index (χ3v) is 3.47. The number of hydrogen-bond donors (Lipinski definition) is 1. The lowest BCUT2D eigenvalue weighted by molar-refractivity contribution is 0.277. The van der Waals surface area contributed by atoms with Crippen LogP contribution >= 0.6 is 11.6 Å². The van der Waals surface area contributed by atoms with Gasteiger partial charge in [0, 0.05) is 13.0 Å². The smallest absolute Gasteiger partial charge is 0.134 e. The van der Waals surface area contributed by atoms with Crippen molar-refractivity contribution in [1.29, 1.82) is 0 Å². The van der Waals surface area contributed by atoms with Crippen molar-refractivity contribution in [3.05, 3.63) is 16.7 Å². The van der Waals surface area contributed by atoms with Crippen LogP contribution in [0.5, 0.6) is 0 Å². The average Bonchev–Trinajstić information content (AvgIpc) is 2.78. The summed E-state index contributed by atoms with van der Waals surface area (Å²) in [6.45, 7) is -0.0700. The van der Waals surface area contributed by atoms with Crippen molar-refractivity contribution in [1.82, 2.24) is 9.55 Å². The molecule has 2 rings (SSSR count). The Kier molecular flexibility index (Phi) is 2.79. The van der Waals surface area contributed by atoms with Crippen LogP contribution in [0.4, 0.5) is 0 Å². The Morgan fingerprint density at radius 3 is 2.64 bits per heavy atom. The summed E-state index contributed by atoms with van der Waals surface area (Å²) in [5.74, 6) is 1.58. The number of aromatic nitrogens is 2. The summed E-state index contributed by atoms with van der Waals surface area (Å²) in [6.07, 6.45) is 4.96. The molecule has 0 amide bonds. The Hall–Kier alpha value is -0.540. The SMILES string of the molecule is Cn1c(C2CCCC2)nc(CO)c1Cl. The van der Waals surface area contributed by atoms with E-state index in [1.54, 1.807) is 0 Å². The summed E-state index contributed by atoms with van der Waals surface area (Å²) in [7, 11) is 1.92. The van der Waals surface area contributed by atoms with E-state index >= 15 is 0 Å². The first-order valence-electron chi connectivity index (χ1n) is 5.06. The maximum absolute atomic E-state index is 9.04. The van der Waals surface area contributed by atoms with Crippen LogP contribution in [0.2, 0.25) is 5.15 Å². The Labute approximate surface area is 88.7 Å². The standard InChI is InChI=1S/C10H15ClN2O/c1-13-9(11)8(6-14)12-10(13)7-4-2-3-5-7/h7,14H,2-6H2,1H3. The van der Waals surface area contributed by atoms with E-state index in [0.717, 1.165) is 5.82 Å². The predicted molar refractivity (Wildman–Crippen MR) is 55.3 cm³/mol. The molecule has 4 heteroatoms. The highest BCUT2D eigenvalue weighted by Crippen LogP contribution is 2.34. The van der Waals surface area contributed by atoms with Crippen molar-refractivity contribution < 1.29 is 5.11 Å². The zero-order valence-corrected chi connectivity index (χ0v) is 9.09. The number of imidazole rings is 1. The van der Waals surface area contributed by atoms with Gasteiger partial charge in [-0.1, -0.05) is 24.4 Å². The maximum atomic E-state index is 9.04. The molecule has 0 saturated heterocycles. The number of hydrogen-bond acceptors (Lipinski definition) is 2. The van der Waals surface area contributed by atoms with Gasteiger partial charge in [-0.05, 0) is 12.8 Å². The molecule has 0 radical (unpaired) electrons. The van der Waals surface area contributed by atoms with E-state index in [2.05, 4.69) is 4.98 Å². The molecule has 1 aromatic rings. The maximum Gasteiger partial charge on any atom is 0.134 e. The topological polar surface area (TPSA) is 38.0 Å². The molecule has 1 aliphatic carbocycles. The molecule has 1 aliphatic rings. The Bertz CT molecular complexity index is 329. The number of rotatable bonds is 2. The number of aliphatic hydroxyl groups is 1. The highest BCUT2D eigenvalue weighted by atomic mass is 35.5. The lowest BCUT2D eigenvalue weighted by Gasteiger charge is -2.08. The summed E-state index contributed by atoms with van der Waals surface area (Å²) >= 11 is 6.03. The molecule has 14 heavy (non-hydrogen) atoms. The molecule has 0 atom stereocenters. The van der Waals surface area contributed by atoms with Crippen LogP contribution < -0.4 is 0 Å². The molecular formula is C10H15ClN2O. The molecule has 1 aromatic heterocycles. The average molecular weight is 215 g/mol. The van der Waals surface area contributed by atoms with Gasteiger partial charge < -0.3 is 9.67 Å². The van der Waals surface area contributed by atoms with Crippen LogP contribution in [-0.2, 0) is 13.7 Å². The van der Waals surface area contributed by atoms with Gasteiger partial charge in [0.1, 0.15) is 16.7 Å². The Balaban J connectivity index is 2.32. The zero-order chi connectivity index (χ0) is 10.1. The second-order valence-corrected chi connectivity index (χ2v) is 4.26. The molecule has 0 aliphatic heterocycles. The van der Waals surface area contributed by atoms with E-state index in [1.807, 2.05) is 11.6 Å². The fourth-order valence-electron chi connectivity index (χ4n) is 2.20. The minimum absolute atomic E-state index is 0.0700. The molecule has 1 saturated carbocycles.